The molecule has 4 rings (SSSR count). The fourth-order valence-corrected chi connectivity index (χ4v) is 15.7. The normalized spacial score (nSPS) is 9.54. The average molecular weight is 720 g/mol. The number of benzene rings is 4. The van der Waals surface area contributed by atoms with Crippen LogP contribution in [-0.4, -0.2) is 29.3 Å². The van der Waals surface area contributed by atoms with Crippen molar-refractivity contribution in [2.45, 2.75) is 13.8 Å². The van der Waals surface area contributed by atoms with Crippen LogP contribution < -0.4 is 17.4 Å². The van der Waals surface area contributed by atoms with Crippen LogP contribution >= 0.6 is 0 Å². The molecule has 0 aliphatic heterocycles. The summed E-state index contributed by atoms with van der Waals surface area (Å²) in [5.41, 5.74) is 0. The molecule has 0 saturated heterocycles. The Kier molecular flexibility index (Phi) is 24.1. The van der Waals surface area contributed by atoms with Gasteiger partial charge in [0.15, 0.2) is 0 Å². The number of rotatable bonds is 6. The zero-order chi connectivity index (χ0) is 28.8. The Morgan fingerprint density at radius 3 is 0.692 bits per heavy atom. The zero-order valence-electron chi connectivity index (χ0n) is 21.5. The van der Waals surface area contributed by atoms with Gasteiger partial charge >= 0.3 is 236 Å². The molecule has 0 unspecified atom stereocenters. The monoisotopic (exact) mass is 722 g/mol. The number of hydrogen-bond donors (Lipinski definition) is 0. The van der Waals surface area contributed by atoms with Crippen LogP contribution in [0.2, 0.25) is 0 Å². The minimum atomic E-state index is -1.58. The molecule has 0 aromatic heterocycles. The molecule has 0 spiro atoms. The molecule has 0 atom stereocenters. The SMILES string of the molecule is C/C(=C(\C)[As](c1ccccc1)c1ccccc1)[As](c1ccccc1)c1ccccc1.[C-]#[O+].[C-]#[O+].[C-]#[O+].[C-]#[O+].[Mo]. The first-order chi connectivity index (χ1) is 18.8. The van der Waals surface area contributed by atoms with Gasteiger partial charge < -0.3 is 0 Å². The Morgan fingerprint density at radius 1 is 0.385 bits per heavy atom. The van der Waals surface area contributed by atoms with E-state index in [-0.39, 0.29) is 21.1 Å². The summed E-state index contributed by atoms with van der Waals surface area (Å²) in [5.74, 6) is 0. The minimum absolute atomic E-state index is 0. The molecule has 4 aromatic carbocycles. The minimum Gasteiger partial charge on any atom is 0 e. The van der Waals surface area contributed by atoms with E-state index in [0.29, 0.717) is 0 Å². The van der Waals surface area contributed by atoms with Crippen LogP contribution in [0.5, 0.6) is 0 Å². The molecule has 0 N–H and O–H groups in total. The van der Waals surface area contributed by atoms with Gasteiger partial charge in [-0.15, -0.1) is 0 Å². The Balaban J connectivity index is 0. The summed E-state index contributed by atoms with van der Waals surface area (Å²) < 4.78 is 39.2. The van der Waals surface area contributed by atoms with Gasteiger partial charge in [-0.2, -0.15) is 0 Å². The molecule has 39 heavy (non-hydrogen) atoms. The first kappa shape index (κ1) is 38.5. The molecule has 0 aliphatic carbocycles. The third kappa shape index (κ3) is 12.0. The van der Waals surface area contributed by atoms with Crippen LogP contribution in [0.25, 0.3) is 0 Å². The summed E-state index contributed by atoms with van der Waals surface area (Å²) in [7, 11) is 0. The van der Waals surface area contributed by atoms with E-state index in [1.807, 2.05) is 0 Å². The summed E-state index contributed by atoms with van der Waals surface area (Å²) in [6.45, 7) is 22.8. The smallest absolute Gasteiger partial charge is 0 e. The predicted octanol–water partition coefficient (Wildman–Crippen LogP) is 3.87. The number of hydrogen-bond acceptors (Lipinski definition) is 0. The van der Waals surface area contributed by atoms with Crippen molar-refractivity contribution in [1.29, 1.82) is 0 Å². The van der Waals surface area contributed by atoms with Gasteiger partial charge in [-0.3, -0.25) is 0 Å². The van der Waals surface area contributed by atoms with E-state index >= 15 is 0 Å². The van der Waals surface area contributed by atoms with E-state index in [4.69, 9.17) is 18.6 Å². The van der Waals surface area contributed by atoms with E-state index < -0.39 is 29.3 Å². The summed E-state index contributed by atoms with van der Waals surface area (Å²) in [4.78, 5) is 0. The standard InChI is InChI=1S/C28H26As2.4CO.Mo/c1-23(29(25-15-7-3-8-16-25)26-17-9-4-10-18-26)24(2)30(27-19-11-5-12-20-27)28-21-13-6-14-22-28;4*1-2;/h3-22H,1-2H3;;;;;/b24-23-;;;;;. The van der Waals surface area contributed by atoms with Crippen molar-refractivity contribution in [3.8, 4) is 0 Å². The van der Waals surface area contributed by atoms with Gasteiger partial charge in [-0.05, 0) is 0 Å². The van der Waals surface area contributed by atoms with Gasteiger partial charge in [0.05, 0.1) is 0 Å². The Morgan fingerprint density at radius 2 is 0.538 bits per heavy atom. The molecule has 4 aromatic rings. The molecular weight excluding hydrogens is 694 g/mol. The summed E-state index contributed by atoms with van der Waals surface area (Å²) in [6, 6.07) is 44.6. The van der Waals surface area contributed by atoms with Crippen molar-refractivity contribution in [2.24, 2.45) is 0 Å². The maximum Gasteiger partial charge on any atom is 0 e. The zero-order valence-corrected chi connectivity index (χ0v) is 27.2. The second kappa shape index (κ2) is 24.4. The number of allylic oxidation sites excluding steroid dienone is 2. The van der Waals surface area contributed by atoms with Crippen molar-refractivity contribution in [3.63, 3.8) is 0 Å². The van der Waals surface area contributed by atoms with E-state index in [2.05, 4.69) is 162 Å². The van der Waals surface area contributed by atoms with Gasteiger partial charge in [0.2, 0.25) is 0 Å². The molecule has 0 amide bonds. The van der Waals surface area contributed by atoms with Crippen molar-refractivity contribution in [3.05, 3.63) is 157 Å². The van der Waals surface area contributed by atoms with Crippen LogP contribution in [0.3, 0.4) is 0 Å². The van der Waals surface area contributed by atoms with Gasteiger partial charge in [0.25, 0.3) is 0 Å². The fraction of sp³-hybridized carbons (Fsp3) is 0.0625. The first-order valence-corrected chi connectivity index (χ1v) is 16.7. The summed E-state index contributed by atoms with van der Waals surface area (Å²) in [6.07, 6.45) is 0. The van der Waals surface area contributed by atoms with Crippen LogP contribution in [0, 0.1) is 26.6 Å². The van der Waals surface area contributed by atoms with E-state index in [0.717, 1.165) is 0 Å². The van der Waals surface area contributed by atoms with Gasteiger partial charge in [-0.25, -0.2) is 0 Å². The fourth-order valence-electron chi connectivity index (χ4n) is 3.70. The van der Waals surface area contributed by atoms with Gasteiger partial charge in [-0.1, -0.05) is 0 Å². The molecule has 4 nitrogen and oxygen atoms in total. The predicted molar refractivity (Wildman–Crippen MR) is 150 cm³/mol. The summed E-state index contributed by atoms with van der Waals surface area (Å²) >= 11 is -3.16. The average Bonchev–Trinajstić information content (AvgIpc) is 3.03. The second-order valence-corrected chi connectivity index (χ2v) is 17.1. The molecule has 0 aliphatic rings. The third-order valence-corrected chi connectivity index (χ3v) is 17.1. The quantitative estimate of drug-likeness (QED) is 0.165. The van der Waals surface area contributed by atoms with E-state index in [1.54, 1.807) is 8.72 Å². The molecule has 0 saturated carbocycles. The molecule has 0 bridgehead atoms. The molecular formula is C32H26As2MoO4. The van der Waals surface area contributed by atoms with E-state index in [1.165, 1.54) is 17.4 Å². The molecule has 0 radical (unpaired) electrons. The Bertz CT molecular complexity index is 1090. The van der Waals surface area contributed by atoms with Gasteiger partial charge in [0.1, 0.15) is 0 Å². The largest absolute Gasteiger partial charge is 0 e. The van der Waals surface area contributed by atoms with Crippen LogP contribution in [-0.2, 0) is 39.7 Å². The van der Waals surface area contributed by atoms with Crippen LogP contribution in [0.1, 0.15) is 13.8 Å². The molecule has 0 fully saturated rings. The Labute approximate surface area is 255 Å². The maximum atomic E-state index is 7.50. The molecule has 0 heterocycles. The maximum absolute atomic E-state index is 7.50. The van der Waals surface area contributed by atoms with Gasteiger partial charge in [0, 0.05) is 21.1 Å². The molecule has 7 heteroatoms. The van der Waals surface area contributed by atoms with Crippen LogP contribution in [0.15, 0.2) is 130 Å². The van der Waals surface area contributed by atoms with Crippen molar-refractivity contribution < 1.29 is 39.7 Å². The van der Waals surface area contributed by atoms with Crippen LogP contribution in [0.4, 0.5) is 0 Å². The van der Waals surface area contributed by atoms with E-state index in [9.17, 15) is 0 Å². The van der Waals surface area contributed by atoms with Crippen molar-refractivity contribution >= 4 is 46.7 Å². The first-order valence-electron chi connectivity index (χ1n) is 11.1. The van der Waals surface area contributed by atoms with Crippen molar-refractivity contribution in [2.75, 3.05) is 0 Å². The second-order valence-electron chi connectivity index (χ2n) is 7.18. The molecule has 194 valence electrons. The van der Waals surface area contributed by atoms with Crippen molar-refractivity contribution in [1.82, 2.24) is 0 Å². The topological polar surface area (TPSA) is 79.6 Å². The summed E-state index contributed by atoms with van der Waals surface area (Å²) in [5, 5.41) is 0. The third-order valence-electron chi connectivity index (χ3n) is 5.25. The Hall–Kier alpha value is -2.61.